The lowest BCUT2D eigenvalue weighted by molar-refractivity contribution is 0.0941. The van der Waals surface area contributed by atoms with Gasteiger partial charge in [0.2, 0.25) is 0 Å². The van der Waals surface area contributed by atoms with Crippen LogP contribution in [0.15, 0.2) is 41.0 Å². The minimum absolute atomic E-state index is 0.0685. The van der Waals surface area contributed by atoms with Crippen molar-refractivity contribution in [2.75, 3.05) is 0 Å². The van der Waals surface area contributed by atoms with E-state index in [0.717, 1.165) is 28.6 Å². The summed E-state index contributed by atoms with van der Waals surface area (Å²) < 4.78 is 2.89. The first-order valence-electron chi connectivity index (χ1n) is 7.06. The summed E-state index contributed by atoms with van der Waals surface area (Å²) in [6, 6.07) is 9.73. The first kappa shape index (κ1) is 15.8. The van der Waals surface area contributed by atoms with Crippen LogP contribution in [0.3, 0.4) is 0 Å². The van der Waals surface area contributed by atoms with Crippen LogP contribution in [-0.4, -0.2) is 10.5 Å². The summed E-state index contributed by atoms with van der Waals surface area (Å²) in [5.74, 6) is -0.0685. The third-order valence-electron chi connectivity index (χ3n) is 3.34. The van der Waals surface area contributed by atoms with Crippen LogP contribution in [0.25, 0.3) is 0 Å². The zero-order chi connectivity index (χ0) is 15.2. The number of nitrogens with zero attached hydrogens (tertiary/aromatic N) is 1. The largest absolute Gasteiger partial charge is 0.347 e. The van der Waals surface area contributed by atoms with Crippen LogP contribution >= 0.6 is 15.9 Å². The molecular weight excluding hydrogens is 330 g/mol. The maximum atomic E-state index is 12.3. The van der Waals surface area contributed by atoms with Gasteiger partial charge in [-0.25, -0.2) is 0 Å². The first-order valence-corrected chi connectivity index (χ1v) is 7.85. The summed E-state index contributed by atoms with van der Waals surface area (Å²) in [7, 11) is 0. The Balaban J connectivity index is 2.08. The standard InChI is InChI=1S/C16H20BrN3O/c1-2-7-20-11-14(17)8-15(20)16(21)19-10-13-6-4-3-5-12(13)9-18/h3-6,8,11H,2,7,9-10,18H2,1H3,(H,19,21). The zero-order valence-electron chi connectivity index (χ0n) is 12.1. The van der Waals surface area contributed by atoms with E-state index >= 15 is 0 Å². The Morgan fingerprint density at radius 1 is 1.33 bits per heavy atom. The summed E-state index contributed by atoms with van der Waals surface area (Å²) in [6.45, 7) is 3.88. The summed E-state index contributed by atoms with van der Waals surface area (Å²) in [5.41, 5.74) is 8.50. The molecule has 2 aromatic rings. The van der Waals surface area contributed by atoms with Crippen LogP contribution in [0, 0.1) is 0 Å². The van der Waals surface area contributed by atoms with Crippen molar-refractivity contribution in [1.82, 2.24) is 9.88 Å². The highest BCUT2D eigenvalue weighted by Gasteiger charge is 2.12. The van der Waals surface area contributed by atoms with Gasteiger partial charge in [0.15, 0.2) is 0 Å². The van der Waals surface area contributed by atoms with Gasteiger partial charge in [-0.05, 0) is 39.5 Å². The number of halogens is 1. The van der Waals surface area contributed by atoms with Crippen molar-refractivity contribution in [3.63, 3.8) is 0 Å². The molecular formula is C16H20BrN3O. The summed E-state index contributed by atoms with van der Waals surface area (Å²) in [4.78, 5) is 12.3. The number of hydrogen-bond acceptors (Lipinski definition) is 2. The Hall–Kier alpha value is -1.59. The molecule has 0 radical (unpaired) electrons. The molecule has 1 amide bonds. The zero-order valence-corrected chi connectivity index (χ0v) is 13.7. The minimum atomic E-state index is -0.0685. The third-order valence-corrected chi connectivity index (χ3v) is 3.77. The molecule has 0 atom stereocenters. The van der Waals surface area contributed by atoms with Crippen molar-refractivity contribution in [2.24, 2.45) is 5.73 Å². The van der Waals surface area contributed by atoms with Crippen LogP contribution in [0.1, 0.15) is 35.0 Å². The molecule has 1 aromatic heterocycles. The topological polar surface area (TPSA) is 60.0 Å². The monoisotopic (exact) mass is 349 g/mol. The van der Waals surface area contributed by atoms with Crippen molar-refractivity contribution in [3.8, 4) is 0 Å². The quantitative estimate of drug-likeness (QED) is 0.841. The van der Waals surface area contributed by atoms with Gasteiger partial charge in [0.1, 0.15) is 5.69 Å². The van der Waals surface area contributed by atoms with Crippen molar-refractivity contribution < 1.29 is 4.79 Å². The molecule has 2 rings (SSSR count). The molecule has 0 fully saturated rings. The van der Waals surface area contributed by atoms with Gasteiger partial charge in [0, 0.05) is 30.3 Å². The highest BCUT2D eigenvalue weighted by Crippen LogP contribution is 2.16. The average Bonchev–Trinajstić information content (AvgIpc) is 2.86. The summed E-state index contributed by atoms with van der Waals surface area (Å²) in [6.07, 6.45) is 2.92. The summed E-state index contributed by atoms with van der Waals surface area (Å²) in [5, 5.41) is 2.97. The van der Waals surface area contributed by atoms with Gasteiger partial charge in [-0.15, -0.1) is 0 Å². The van der Waals surface area contributed by atoms with Gasteiger partial charge in [0.05, 0.1) is 0 Å². The van der Waals surface area contributed by atoms with E-state index in [2.05, 4.69) is 28.2 Å². The molecule has 0 aliphatic rings. The molecule has 0 aliphatic carbocycles. The number of rotatable bonds is 6. The van der Waals surface area contributed by atoms with Gasteiger partial charge in [-0.2, -0.15) is 0 Å². The van der Waals surface area contributed by atoms with Crippen LogP contribution < -0.4 is 11.1 Å². The molecule has 0 bridgehead atoms. The van der Waals surface area contributed by atoms with E-state index in [1.54, 1.807) is 0 Å². The van der Waals surface area contributed by atoms with E-state index in [-0.39, 0.29) is 5.91 Å². The number of nitrogens with two attached hydrogens (primary N) is 1. The smallest absolute Gasteiger partial charge is 0.268 e. The lowest BCUT2D eigenvalue weighted by atomic mass is 10.1. The van der Waals surface area contributed by atoms with E-state index in [0.29, 0.717) is 18.8 Å². The lowest BCUT2D eigenvalue weighted by Crippen LogP contribution is -2.26. The molecule has 0 saturated heterocycles. The molecule has 0 aliphatic heterocycles. The summed E-state index contributed by atoms with van der Waals surface area (Å²) >= 11 is 3.42. The van der Waals surface area contributed by atoms with E-state index in [1.165, 1.54) is 0 Å². The fourth-order valence-electron chi connectivity index (χ4n) is 2.29. The molecule has 4 nitrogen and oxygen atoms in total. The maximum Gasteiger partial charge on any atom is 0.268 e. The van der Waals surface area contributed by atoms with Gasteiger partial charge in [-0.1, -0.05) is 31.2 Å². The SMILES string of the molecule is CCCn1cc(Br)cc1C(=O)NCc1ccccc1CN. The highest BCUT2D eigenvalue weighted by atomic mass is 79.9. The third kappa shape index (κ3) is 3.95. The predicted octanol–water partition coefficient (Wildman–Crippen LogP) is 3.05. The number of hydrogen-bond donors (Lipinski definition) is 2. The first-order chi connectivity index (χ1) is 10.2. The van der Waals surface area contributed by atoms with E-state index in [9.17, 15) is 4.79 Å². The Bertz CT molecular complexity index is 622. The minimum Gasteiger partial charge on any atom is -0.347 e. The number of amides is 1. The van der Waals surface area contributed by atoms with Gasteiger partial charge in [-0.3, -0.25) is 4.79 Å². The number of nitrogens with one attached hydrogen (secondary N) is 1. The van der Waals surface area contributed by atoms with Gasteiger partial charge < -0.3 is 15.6 Å². The van der Waals surface area contributed by atoms with Crippen molar-refractivity contribution in [3.05, 3.63) is 57.8 Å². The molecule has 1 aromatic carbocycles. The highest BCUT2D eigenvalue weighted by molar-refractivity contribution is 9.10. The number of benzene rings is 1. The Morgan fingerprint density at radius 2 is 2.05 bits per heavy atom. The van der Waals surface area contributed by atoms with Crippen LogP contribution in [0.5, 0.6) is 0 Å². The van der Waals surface area contributed by atoms with E-state index in [1.807, 2.05) is 41.1 Å². The molecule has 1 heterocycles. The number of carbonyl (C=O) groups is 1. The average molecular weight is 350 g/mol. The second kappa shape index (κ2) is 7.43. The molecule has 21 heavy (non-hydrogen) atoms. The molecule has 0 spiro atoms. The predicted molar refractivity (Wildman–Crippen MR) is 87.9 cm³/mol. The van der Waals surface area contributed by atoms with Gasteiger partial charge >= 0.3 is 0 Å². The van der Waals surface area contributed by atoms with Crippen LogP contribution in [0.4, 0.5) is 0 Å². The van der Waals surface area contributed by atoms with E-state index in [4.69, 9.17) is 5.73 Å². The van der Waals surface area contributed by atoms with Gasteiger partial charge in [0.25, 0.3) is 5.91 Å². The normalized spacial score (nSPS) is 10.6. The molecule has 112 valence electrons. The molecule has 0 saturated carbocycles. The second-order valence-electron chi connectivity index (χ2n) is 4.89. The van der Waals surface area contributed by atoms with E-state index < -0.39 is 0 Å². The van der Waals surface area contributed by atoms with Crippen molar-refractivity contribution in [2.45, 2.75) is 33.0 Å². The molecule has 3 N–H and O–H groups in total. The second-order valence-corrected chi connectivity index (χ2v) is 5.81. The number of aryl methyl sites for hydroxylation is 1. The van der Waals surface area contributed by atoms with Crippen LogP contribution in [0.2, 0.25) is 0 Å². The lowest BCUT2D eigenvalue weighted by Gasteiger charge is -2.11. The molecule has 0 unspecified atom stereocenters. The Kier molecular flexibility index (Phi) is 5.59. The fraction of sp³-hybridized carbons (Fsp3) is 0.312. The number of carbonyl (C=O) groups excluding carboxylic acids is 1. The van der Waals surface area contributed by atoms with Crippen molar-refractivity contribution >= 4 is 21.8 Å². The number of aromatic nitrogens is 1. The fourth-order valence-corrected chi connectivity index (χ4v) is 2.75. The Labute approximate surface area is 133 Å². The van der Waals surface area contributed by atoms with Crippen molar-refractivity contribution in [1.29, 1.82) is 0 Å². The Morgan fingerprint density at radius 3 is 2.71 bits per heavy atom. The molecule has 5 heteroatoms. The van der Waals surface area contributed by atoms with Crippen LogP contribution in [-0.2, 0) is 19.6 Å². The maximum absolute atomic E-state index is 12.3.